The summed E-state index contributed by atoms with van der Waals surface area (Å²) in [6, 6.07) is 0. The van der Waals surface area contributed by atoms with Gasteiger partial charge in [0.25, 0.3) is 0 Å². The van der Waals surface area contributed by atoms with Crippen LogP contribution in [0.5, 0.6) is 0 Å². The van der Waals surface area contributed by atoms with Gasteiger partial charge in [0.15, 0.2) is 0 Å². The molecule has 120 valence electrons. The number of hydrogen-bond acceptors (Lipinski definition) is 4. The largest absolute Gasteiger partial charge is 0.389 e. The molecule has 0 aliphatic heterocycles. The zero-order chi connectivity index (χ0) is 15.2. The molecule has 0 aromatic heterocycles. The monoisotopic (exact) mass is 288 g/mol. The van der Waals surface area contributed by atoms with Gasteiger partial charge in [0, 0.05) is 33.2 Å². The summed E-state index contributed by atoms with van der Waals surface area (Å²) < 4.78 is 5.58. The summed E-state index contributed by atoms with van der Waals surface area (Å²) in [7, 11) is 0. The SMILES string of the molecule is CCCCC(CC)COCC(O)CNCCNC(C)=O. The van der Waals surface area contributed by atoms with Crippen LogP contribution in [0.4, 0.5) is 0 Å². The Morgan fingerprint density at radius 1 is 1.25 bits per heavy atom. The number of hydrogen-bond donors (Lipinski definition) is 3. The minimum absolute atomic E-state index is 0.0339. The van der Waals surface area contributed by atoms with Crippen molar-refractivity contribution >= 4 is 5.91 Å². The normalized spacial score (nSPS) is 14.0. The highest BCUT2D eigenvalue weighted by Gasteiger charge is 2.08. The van der Waals surface area contributed by atoms with Crippen molar-refractivity contribution in [1.82, 2.24) is 10.6 Å². The third-order valence-corrected chi connectivity index (χ3v) is 3.26. The lowest BCUT2D eigenvalue weighted by Crippen LogP contribution is -2.36. The van der Waals surface area contributed by atoms with Gasteiger partial charge in [-0.15, -0.1) is 0 Å². The van der Waals surface area contributed by atoms with E-state index in [0.717, 1.165) is 13.0 Å². The molecule has 0 saturated carbocycles. The number of unbranched alkanes of at least 4 members (excludes halogenated alkanes) is 1. The van der Waals surface area contributed by atoms with Crippen LogP contribution in [-0.4, -0.2) is 50.0 Å². The summed E-state index contributed by atoms with van der Waals surface area (Å²) in [6.45, 7) is 8.71. The van der Waals surface area contributed by atoms with Crippen molar-refractivity contribution in [1.29, 1.82) is 0 Å². The van der Waals surface area contributed by atoms with Crippen LogP contribution >= 0.6 is 0 Å². The zero-order valence-corrected chi connectivity index (χ0v) is 13.3. The van der Waals surface area contributed by atoms with Crippen LogP contribution in [0, 0.1) is 5.92 Å². The van der Waals surface area contributed by atoms with Gasteiger partial charge in [-0.2, -0.15) is 0 Å². The molecule has 0 heterocycles. The van der Waals surface area contributed by atoms with E-state index in [9.17, 15) is 9.90 Å². The van der Waals surface area contributed by atoms with Crippen molar-refractivity contribution in [3.8, 4) is 0 Å². The first-order valence-electron chi connectivity index (χ1n) is 7.81. The number of amides is 1. The van der Waals surface area contributed by atoms with Gasteiger partial charge in [-0.1, -0.05) is 33.1 Å². The number of carbonyl (C=O) groups is 1. The third kappa shape index (κ3) is 12.4. The molecule has 0 spiro atoms. The van der Waals surface area contributed by atoms with E-state index in [0.29, 0.717) is 32.2 Å². The zero-order valence-electron chi connectivity index (χ0n) is 13.3. The van der Waals surface area contributed by atoms with Crippen molar-refractivity contribution in [3.63, 3.8) is 0 Å². The van der Waals surface area contributed by atoms with E-state index in [1.807, 2.05) is 0 Å². The Hall–Kier alpha value is -0.650. The molecule has 5 nitrogen and oxygen atoms in total. The fraction of sp³-hybridized carbons (Fsp3) is 0.933. The predicted octanol–water partition coefficient (Wildman–Crippen LogP) is 1.31. The summed E-state index contributed by atoms with van der Waals surface area (Å²) in [5.41, 5.74) is 0. The molecular weight excluding hydrogens is 256 g/mol. The second kappa shape index (κ2) is 13.3. The molecule has 0 rings (SSSR count). The first kappa shape index (κ1) is 19.4. The number of rotatable bonds is 13. The van der Waals surface area contributed by atoms with E-state index in [-0.39, 0.29) is 5.91 Å². The summed E-state index contributed by atoms with van der Waals surface area (Å²) in [4.78, 5) is 10.6. The summed E-state index contributed by atoms with van der Waals surface area (Å²) in [6.07, 6.45) is 4.31. The number of ether oxygens (including phenoxy) is 1. The van der Waals surface area contributed by atoms with Crippen LogP contribution in [0.2, 0.25) is 0 Å². The van der Waals surface area contributed by atoms with Crippen LogP contribution in [0.25, 0.3) is 0 Å². The second-order valence-corrected chi connectivity index (χ2v) is 5.29. The van der Waals surface area contributed by atoms with Gasteiger partial charge >= 0.3 is 0 Å². The average Bonchev–Trinajstić information content (AvgIpc) is 2.41. The Balaban J connectivity index is 3.47. The average molecular weight is 288 g/mol. The van der Waals surface area contributed by atoms with Crippen molar-refractivity contribution in [2.24, 2.45) is 5.92 Å². The van der Waals surface area contributed by atoms with E-state index in [2.05, 4.69) is 24.5 Å². The van der Waals surface area contributed by atoms with Gasteiger partial charge in [0.05, 0.1) is 12.7 Å². The molecule has 3 N–H and O–H groups in total. The fourth-order valence-corrected chi connectivity index (χ4v) is 1.92. The maximum atomic E-state index is 10.6. The molecule has 0 saturated heterocycles. The standard InChI is InChI=1S/C15H32N2O3/c1-4-6-7-14(5-2)11-20-12-15(19)10-16-8-9-17-13(3)18/h14-16,19H,4-12H2,1-3H3,(H,17,18). The van der Waals surface area contributed by atoms with Crippen LogP contribution in [-0.2, 0) is 9.53 Å². The second-order valence-electron chi connectivity index (χ2n) is 5.29. The number of aliphatic hydroxyl groups excluding tert-OH is 1. The molecule has 0 aromatic rings. The van der Waals surface area contributed by atoms with Crippen LogP contribution in [0.15, 0.2) is 0 Å². The molecule has 2 atom stereocenters. The van der Waals surface area contributed by atoms with Crippen LogP contribution in [0.1, 0.15) is 46.5 Å². The molecule has 5 heteroatoms. The number of aliphatic hydroxyl groups is 1. The van der Waals surface area contributed by atoms with Gasteiger partial charge in [-0.05, 0) is 12.3 Å². The Kier molecular flexibility index (Phi) is 12.9. The van der Waals surface area contributed by atoms with Gasteiger partial charge < -0.3 is 20.5 Å². The van der Waals surface area contributed by atoms with Crippen molar-refractivity contribution in [2.45, 2.75) is 52.6 Å². The van der Waals surface area contributed by atoms with Crippen molar-refractivity contribution < 1.29 is 14.6 Å². The van der Waals surface area contributed by atoms with Gasteiger partial charge in [0.1, 0.15) is 0 Å². The Morgan fingerprint density at radius 3 is 2.60 bits per heavy atom. The van der Waals surface area contributed by atoms with Gasteiger partial charge in [-0.3, -0.25) is 4.79 Å². The Labute approximate surface area is 123 Å². The maximum absolute atomic E-state index is 10.6. The molecule has 20 heavy (non-hydrogen) atoms. The topological polar surface area (TPSA) is 70.6 Å². The molecule has 0 radical (unpaired) electrons. The van der Waals surface area contributed by atoms with Gasteiger partial charge in [0.2, 0.25) is 5.91 Å². The summed E-state index contributed by atoms with van der Waals surface area (Å²) >= 11 is 0. The molecule has 0 aliphatic carbocycles. The Bertz CT molecular complexity index is 237. The smallest absolute Gasteiger partial charge is 0.216 e. The lowest BCUT2D eigenvalue weighted by atomic mass is 10.0. The lowest BCUT2D eigenvalue weighted by molar-refractivity contribution is -0.118. The summed E-state index contributed by atoms with van der Waals surface area (Å²) in [5, 5.41) is 15.5. The first-order valence-corrected chi connectivity index (χ1v) is 7.81. The first-order chi connectivity index (χ1) is 9.60. The quantitative estimate of drug-likeness (QED) is 0.447. The fourth-order valence-electron chi connectivity index (χ4n) is 1.92. The van der Waals surface area contributed by atoms with Crippen LogP contribution in [0.3, 0.4) is 0 Å². The molecule has 0 bridgehead atoms. The summed E-state index contributed by atoms with van der Waals surface area (Å²) in [5.74, 6) is 0.572. The molecule has 0 aromatic carbocycles. The molecule has 0 fully saturated rings. The molecule has 1 amide bonds. The maximum Gasteiger partial charge on any atom is 0.216 e. The highest BCUT2D eigenvalue weighted by molar-refractivity contribution is 5.72. The number of carbonyl (C=O) groups excluding carboxylic acids is 1. The lowest BCUT2D eigenvalue weighted by Gasteiger charge is -2.17. The third-order valence-electron chi connectivity index (χ3n) is 3.26. The van der Waals surface area contributed by atoms with Crippen molar-refractivity contribution in [2.75, 3.05) is 32.8 Å². The van der Waals surface area contributed by atoms with Crippen molar-refractivity contribution in [3.05, 3.63) is 0 Å². The molecular formula is C15H32N2O3. The Morgan fingerprint density at radius 2 is 2.00 bits per heavy atom. The van der Waals surface area contributed by atoms with E-state index >= 15 is 0 Å². The van der Waals surface area contributed by atoms with E-state index in [1.54, 1.807) is 0 Å². The highest BCUT2D eigenvalue weighted by atomic mass is 16.5. The number of nitrogens with one attached hydrogen (secondary N) is 2. The predicted molar refractivity (Wildman–Crippen MR) is 81.7 cm³/mol. The van der Waals surface area contributed by atoms with Crippen LogP contribution < -0.4 is 10.6 Å². The molecule has 2 unspecified atom stereocenters. The molecule has 0 aliphatic rings. The van der Waals surface area contributed by atoms with E-state index in [4.69, 9.17) is 4.74 Å². The van der Waals surface area contributed by atoms with E-state index in [1.165, 1.54) is 26.2 Å². The minimum atomic E-state index is -0.490. The highest BCUT2D eigenvalue weighted by Crippen LogP contribution is 2.12. The van der Waals surface area contributed by atoms with Gasteiger partial charge in [-0.25, -0.2) is 0 Å². The minimum Gasteiger partial charge on any atom is -0.389 e. The van der Waals surface area contributed by atoms with E-state index < -0.39 is 6.10 Å².